The van der Waals surface area contributed by atoms with Crippen molar-refractivity contribution in [2.45, 2.75) is 13.8 Å². The van der Waals surface area contributed by atoms with Crippen molar-refractivity contribution < 1.29 is 14.9 Å². The molecule has 0 bridgehead atoms. The zero-order valence-corrected chi connectivity index (χ0v) is 9.77. The van der Waals surface area contributed by atoms with Crippen LogP contribution in [-0.4, -0.2) is 10.2 Å². The first-order chi connectivity index (χ1) is 8.08. The number of benzene rings is 2. The summed E-state index contributed by atoms with van der Waals surface area (Å²) in [5.41, 5.74) is 1.74. The Morgan fingerprint density at radius 3 is 2.35 bits per heavy atom. The lowest BCUT2D eigenvalue weighted by Gasteiger charge is -2.11. The summed E-state index contributed by atoms with van der Waals surface area (Å²) in [7, 11) is 0. The van der Waals surface area contributed by atoms with Gasteiger partial charge in [0.2, 0.25) is 0 Å². The van der Waals surface area contributed by atoms with Gasteiger partial charge in [-0.15, -0.1) is 0 Å². The summed E-state index contributed by atoms with van der Waals surface area (Å²) in [4.78, 5) is 0. The number of aryl methyl sites for hydroxylation is 2. The highest BCUT2D eigenvalue weighted by Crippen LogP contribution is 2.37. The van der Waals surface area contributed by atoms with E-state index in [1.54, 1.807) is 31.2 Å². The first-order valence-electron chi connectivity index (χ1n) is 5.34. The van der Waals surface area contributed by atoms with E-state index in [0.717, 1.165) is 11.1 Å². The minimum Gasteiger partial charge on any atom is -0.504 e. The molecule has 0 fully saturated rings. The first-order valence-corrected chi connectivity index (χ1v) is 5.34. The maximum Gasteiger partial charge on any atom is 0.169 e. The van der Waals surface area contributed by atoms with Crippen LogP contribution in [-0.2, 0) is 0 Å². The number of aromatic hydroxyl groups is 2. The molecule has 0 unspecified atom stereocenters. The van der Waals surface area contributed by atoms with E-state index in [9.17, 15) is 10.2 Å². The van der Waals surface area contributed by atoms with Gasteiger partial charge in [0.15, 0.2) is 23.0 Å². The minimum absolute atomic E-state index is 0.0473. The Balaban J connectivity index is 2.40. The van der Waals surface area contributed by atoms with Gasteiger partial charge in [-0.05, 0) is 43.2 Å². The van der Waals surface area contributed by atoms with Gasteiger partial charge in [0, 0.05) is 0 Å². The lowest BCUT2D eigenvalue weighted by atomic mass is 10.1. The van der Waals surface area contributed by atoms with Gasteiger partial charge in [-0.1, -0.05) is 18.2 Å². The Morgan fingerprint density at radius 2 is 1.65 bits per heavy atom. The third-order valence-electron chi connectivity index (χ3n) is 2.50. The molecule has 88 valence electrons. The van der Waals surface area contributed by atoms with E-state index in [-0.39, 0.29) is 11.5 Å². The van der Waals surface area contributed by atoms with Crippen molar-refractivity contribution in [3.8, 4) is 23.0 Å². The molecular formula is C14H14O3. The fourth-order valence-electron chi connectivity index (χ4n) is 1.66. The summed E-state index contributed by atoms with van der Waals surface area (Å²) < 4.78 is 5.50. The van der Waals surface area contributed by atoms with E-state index < -0.39 is 0 Å². The fraction of sp³-hybridized carbons (Fsp3) is 0.143. The summed E-state index contributed by atoms with van der Waals surface area (Å²) in [6.45, 7) is 3.73. The maximum atomic E-state index is 9.87. The largest absolute Gasteiger partial charge is 0.504 e. The third kappa shape index (κ3) is 2.33. The van der Waals surface area contributed by atoms with Gasteiger partial charge in [0.05, 0.1) is 0 Å². The van der Waals surface area contributed by atoms with E-state index in [4.69, 9.17) is 4.74 Å². The topological polar surface area (TPSA) is 49.7 Å². The highest BCUT2D eigenvalue weighted by molar-refractivity contribution is 5.51. The van der Waals surface area contributed by atoms with Crippen LogP contribution in [0, 0.1) is 13.8 Å². The molecule has 0 heterocycles. The Labute approximate surface area is 99.9 Å². The number of para-hydroxylation sites is 2. The van der Waals surface area contributed by atoms with E-state index in [2.05, 4.69) is 0 Å². The lowest BCUT2D eigenvalue weighted by Crippen LogP contribution is -1.88. The van der Waals surface area contributed by atoms with Crippen molar-refractivity contribution in [3.63, 3.8) is 0 Å². The highest BCUT2D eigenvalue weighted by Gasteiger charge is 2.09. The molecule has 0 radical (unpaired) electrons. The molecule has 2 N–H and O–H groups in total. The second-order valence-electron chi connectivity index (χ2n) is 4.00. The van der Waals surface area contributed by atoms with Crippen molar-refractivity contribution >= 4 is 0 Å². The van der Waals surface area contributed by atoms with Crippen LogP contribution in [0.5, 0.6) is 23.0 Å². The van der Waals surface area contributed by atoms with Gasteiger partial charge >= 0.3 is 0 Å². The maximum absolute atomic E-state index is 9.87. The van der Waals surface area contributed by atoms with Crippen LogP contribution in [0.1, 0.15) is 11.1 Å². The van der Waals surface area contributed by atoms with E-state index in [0.29, 0.717) is 11.5 Å². The predicted octanol–water partition coefficient (Wildman–Crippen LogP) is 3.51. The highest BCUT2D eigenvalue weighted by atomic mass is 16.5. The van der Waals surface area contributed by atoms with Crippen LogP contribution in [0.2, 0.25) is 0 Å². The normalized spacial score (nSPS) is 10.2. The average Bonchev–Trinajstić information content (AvgIpc) is 2.28. The molecule has 2 aromatic carbocycles. The molecule has 0 saturated heterocycles. The molecule has 2 rings (SSSR count). The second kappa shape index (κ2) is 4.37. The smallest absolute Gasteiger partial charge is 0.169 e. The number of rotatable bonds is 2. The standard InChI is InChI=1S/C14H14O3/c1-9-7-10(2)14(16)13(8-9)17-12-6-4-3-5-11(12)15/h3-8,15-16H,1-2H3. The predicted molar refractivity (Wildman–Crippen MR) is 65.8 cm³/mol. The number of phenolic OH excluding ortho intramolecular Hbond substituents is 2. The molecule has 3 heteroatoms. The Hall–Kier alpha value is -2.16. The quantitative estimate of drug-likeness (QED) is 0.830. The number of ether oxygens (including phenoxy) is 1. The Morgan fingerprint density at radius 1 is 0.941 bits per heavy atom. The van der Waals surface area contributed by atoms with E-state index >= 15 is 0 Å². The van der Waals surface area contributed by atoms with Crippen LogP contribution < -0.4 is 4.74 Å². The summed E-state index contributed by atoms with van der Waals surface area (Å²) in [6.07, 6.45) is 0. The van der Waals surface area contributed by atoms with Crippen LogP contribution in [0.25, 0.3) is 0 Å². The zero-order chi connectivity index (χ0) is 12.4. The van der Waals surface area contributed by atoms with Gasteiger partial charge in [0.25, 0.3) is 0 Å². The van der Waals surface area contributed by atoms with Crippen molar-refractivity contribution in [1.29, 1.82) is 0 Å². The van der Waals surface area contributed by atoms with Crippen molar-refractivity contribution in [2.24, 2.45) is 0 Å². The zero-order valence-electron chi connectivity index (χ0n) is 9.77. The molecule has 0 aliphatic rings. The summed E-state index contributed by atoms with van der Waals surface area (Å²) in [5.74, 6) is 0.821. The molecule has 2 aromatic rings. The Bertz CT molecular complexity index is 547. The van der Waals surface area contributed by atoms with E-state index in [1.165, 1.54) is 6.07 Å². The first kappa shape index (κ1) is 11.3. The molecule has 0 aromatic heterocycles. The molecule has 0 atom stereocenters. The fourth-order valence-corrected chi connectivity index (χ4v) is 1.66. The summed E-state index contributed by atoms with van der Waals surface area (Å²) >= 11 is 0. The van der Waals surface area contributed by atoms with Gasteiger partial charge in [-0.3, -0.25) is 0 Å². The van der Waals surface area contributed by atoms with Crippen LogP contribution >= 0.6 is 0 Å². The van der Waals surface area contributed by atoms with Gasteiger partial charge < -0.3 is 14.9 Å². The van der Waals surface area contributed by atoms with Crippen LogP contribution in [0.4, 0.5) is 0 Å². The molecular weight excluding hydrogens is 216 g/mol. The molecule has 0 spiro atoms. The molecule has 0 aliphatic heterocycles. The number of hydrogen-bond acceptors (Lipinski definition) is 3. The van der Waals surface area contributed by atoms with Crippen molar-refractivity contribution in [2.75, 3.05) is 0 Å². The van der Waals surface area contributed by atoms with Gasteiger partial charge in [0.1, 0.15) is 0 Å². The van der Waals surface area contributed by atoms with E-state index in [1.807, 2.05) is 13.0 Å². The van der Waals surface area contributed by atoms with Gasteiger partial charge in [-0.25, -0.2) is 0 Å². The second-order valence-corrected chi connectivity index (χ2v) is 4.00. The number of phenols is 2. The molecule has 0 amide bonds. The summed E-state index contributed by atoms with van der Waals surface area (Å²) in [6, 6.07) is 10.3. The third-order valence-corrected chi connectivity index (χ3v) is 2.50. The average molecular weight is 230 g/mol. The lowest BCUT2D eigenvalue weighted by molar-refractivity contribution is 0.383. The van der Waals surface area contributed by atoms with Crippen LogP contribution in [0.3, 0.4) is 0 Å². The molecule has 0 saturated carbocycles. The summed E-state index contributed by atoms with van der Waals surface area (Å²) in [5, 5.41) is 19.5. The Kier molecular flexibility index (Phi) is 2.91. The molecule has 17 heavy (non-hydrogen) atoms. The van der Waals surface area contributed by atoms with Crippen molar-refractivity contribution in [3.05, 3.63) is 47.5 Å². The monoisotopic (exact) mass is 230 g/mol. The number of hydrogen-bond donors (Lipinski definition) is 2. The SMILES string of the molecule is Cc1cc(C)c(O)c(Oc2ccccc2O)c1. The molecule has 0 aliphatic carbocycles. The molecule has 3 nitrogen and oxygen atoms in total. The minimum atomic E-state index is 0.0473. The van der Waals surface area contributed by atoms with Crippen molar-refractivity contribution in [1.82, 2.24) is 0 Å². The van der Waals surface area contributed by atoms with Crippen LogP contribution in [0.15, 0.2) is 36.4 Å². The van der Waals surface area contributed by atoms with Gasteiger partial charge in [-0.2, -0.15) is 0 Å².